The van der Waals surface area contributed by atoms with E-state index in [0.29, 0.717) is 0 Å². The highest BCUT2D eigenvalue weighted by atomic mass is 16.5. The molecule has 0 amide bonds. The molecule has 0 saturated carbocycles. The van der Waals surface area contributed by atoms with Crippen LogP contribution in [0.15, 0.2) is 29.3 Å². The zero-order valence-corrected chi connectivity index (χ0v) is 11.0. The Hall–Kier alpha value is -1.71. The number of nitrogens with zero attached hydrogens (tertiary/aromatic N) is 2. The summed E-state index contributed by atoms with van der Waals surface area (Å²) >= 11 is 0. The predicted octanol–water partition coefficient (Wildman–Crippen LogP) is 1.37. The molecule has 17 heavy (non-hydrogen) atoms. The maximum Gasteiger partial charge on any atom is 0.193 e. The Balaban J connectivity index is 2.51. The zero-order valence-electron chi connectivity index (χ0n) is 11.0. The van der Waals surface area contributed by atoms with Crippen LogP contribution in [-0.4, -0.2) is 45.7 Å². The van der Waals surface area contributed by atoms with E-state index in [1.54, 1.807) is 14.2 Å². The highest BCUT2D eigenvalue weighted by molar-refractivity contribution is 5.79. The molecule has 0 bridgehead atoms. The standard InChI is InChI=1S/C13H21N3O/c1-14-13(16(2)3)15-10-9-11-7-5-6-8-12(11)17-4/h5-8H,9-10H2,1-4H3,(H,14,15). The normalized spacial score (nSPS) is 11.2. The van der Waals surface area contributed by atoms with Gasteiger partial charge in [-0.15, -0.1) is 0 Å². The van der Waals surface area contributed by atoms with Crippen molar-refractivity contribution in [2.45, 2.75) is 6.42 Å². The van der Waals surface area contributed by atoms with Crippen LogP contribution < -0.4 is 10.1 Å². The van der Waals surface area contributed by atoms with Crippen molar-refractivity contribution in [3.05, 3.63) is 29.8 Å². The van der Waals surface area contributed by atoms with E-state index in [1.165, 1.54) is 5.56 Å². The Morgan fingerprint density at radius 2 is 2.06 bits per heavy atom. The molecule has 1 N–H and O–H groups in total. The van der Waals surface area contributed by atoms with Gasteiger partial charge in [0.15, 0.2) is 5.96 Å². The fourth-order valence-corrected chi connectivity index (χ4v) is 1.66. The number of benzene rings is 1. The highest BCUT2D eigenvalue weighted by Gasteiger charge is 2.03. The summed E-state index contributed by atoms with van der Waals surface area (Å²) in [4.78, 5) is 6.12. The van der Waals surface area contributed by atoms with Gasteiger partial charge in [0, 0.05) is 27.7 Å². The third kappa shape index (κ3) is 3.98. The monoisotopic (exact) mass is 235 g/mol. The Morgan fingerprint density at radius 3 is 2.65 bits per heavy atom. The van der Waals surface area contributed by atoms with Gasteiger partial charge in [-0.3, -0.25) is 4.99 Å². The Bertz CT molecular complexity index is 375. The van der Waals surface area contributed by atoms with Crippen LogP contribution in [0.3, 0.4) is 0 Å². The highest BCUT2D eigenvalue weighted by Crippen LogP contribution is 2.17. The van der Waals surface area contributed by atoms with Crippen molar-refractivity contribution >= 4 is 5.96 Å². The maximum absolute atomic E-state index is 5.31. The molecule has 0 saturated heterocycles. The number of nitrogens with one attached hydrogen (secondary N) is 1. The van der Waals surface area contributed by atoms with Crippen LogP contribution in [0.1, 0.15) is 5.56 Å². The third-order valence-electron chi connectivity index (χ3n) is 2.51. The third-order valence-corrected chi connectivity index (χ3v) is 2.51. The van der Waals surface area contributed by atoms with E-state index in [1.807, 2.05) is 37.2 Å². The lowest BCUT2D eigenvalue weighted by molar-refractivity contribution is 0.409. The number of methoxy groups -OCH3 is 1. The second kappa shape index (κ2) is 6.78. The van der Waals surface area contributed by atoms with Gasteiger partial charge in [0.1, 0.15) is 5.75 Å². The Labute approximate surface area is 103 Å². The van der Waals surface area contributed by atoms with Gasteiger partial charge in [-0.05, 0) is 18.1 Å². The summed E-state index contributed by atoms with van der Waals surface area (Å²) in [5.41, 5.74) is 1.21. The van der Waals surface area contributed by atoms with E-state index in [2.05, 4.69) is 16.4 Å². The first-order chi connectivity index (χ1) is 8.19. The van der Waals surface area contributed by atoms with Crippen molar-refractivity contribution in [3.8, 4) is 5.75 Å². The largest absolute Gasteiger partial charge is 0.496 e. The lowest BCUT2D eigenvalue weighted by Crippen LogP contribution is -2.37. The number of para-hydroxylation sites is 1. The van der Waals surface area contributed by atoms with E-state index in [0.717, 1.165) is 24.7 Å². The molecule has 1 rings (SSSR count). The average Bonchev–Trinajstić information content (AvgIpc) is 2.34. The van der Waals surface area contributed by atoms with E-state index in [-0.39, 0.29) is 0 Å². The number of aliphatic imine (C=N–C) groups is 1. The number of hydrogen-bond acceptors (Lipinski definition) is 2. The van der Waals surface area contributed by atoms with Crippen molar-refractivity contribution in [2.24, 2.45) is 4.99 Å². The van der Waals surface area contributed by atoms with Crippen LogP contribution >= 0.6 is 0 Å². The molecule has 0 aliphatic rings. The maximum atomic E-state index is 5.31. The van der Waals surface area contributed by atoms with Crippen LogP contribution in [0.5, 0.6) is 5.75 Å². The van der Waals surface area contributed by atoms with Crippen LogP contribution in [-0.2, 0) is 6.42 Å². The van der Waals surface area contributed by atoms with Crippen molar-refractivity contribution in [1.29, 1.82) is 0 Å². The molecule has 0 aromatic heterocycles. The first-order valence-electron chi connectivity index (χ1n) is 5.69. The van der Waals surface area contributed by atoms with Crippen molar-refractivity contribution in [2.75, 3.05) is 34.8 Å². The Morgan fingerprint density at radius 1 is 1.35 bits per heavy atom. The SMILES string of the molecule is CN=C(NCCc1ccccc1OC)N(C)C. The average molecular weight is 235 g/mol. The molecule has 0 radical (unpaired) electrons. The summed E-state index contributed by atoms with van der Waals surface area (Å²) < 4.78 is 5.31. The number of hydrogen-bond donors (Lipinski definition) is 1. The van der Waals surface area contributed by atoms with Crippen LogP contribution in [0, 0.1) is 0 Å². The smallest absolute Gasteiger partial charge is 0.193 e. The van der Waals surface area contributed by atoms with Gasteiger partial charge in [-0.1, -0.05) is 18.2 Å². The minimum absolute atomic E-state index is 0.839. The zero-order chi connectivity index (χ0) is 12.7. The van der Waals surface area contributed by atoms with Crippen molar-refractivity contribution in [1.82, 2.24) is 10.2 Å². The molecule has 0 aliphatic heterocycles. The summed E-state index contributed by atoms with van der Waals surface area (Å²) in [7, 11) is 7.42. The molecular formula is C13H21N3O. The Kier molecular flexibility index (Phi) is 5.33. The second-order valence-electron chi connectivity index (χ2n) is 3.93. The molecule has 0 atom stereocenters. The van der Waals surface area contributed by atoms with Gasteiger partial charge in [-0.25, -0.2) is 0 Å². The summed E-state index contributed by atoms with van der Waals surface area (Å²) in [6, 6.07) is 8.07. The van der Waals surface area contributed by atoms with E-state index < -0.39 is 0 Å². The summed E-state index contributed by atoms with van der Waals surface area (Å²) in [5.74, 6) is 1.83. The first kappa shape index (κ1) is 13.4. The molecule has 1 aromatic rings. The summed E-state index contributed by atoms with van der Waals surface area (Å²) in [5, 5.41) is 3.29. The van der Waals surface area contributed by atoms with Gasteiger partial charge < -0.3 is 15.0 Å². The molecule has 0 fully saturated rings. The summed E-state index contributed by atoms with van der Waals surface area (Å²) in [6.07, 6.45) is 0.914. The van der Waals surface area contributed by atoms with Crippen LogP contribution in [0.2, 0.25) is 0 Å². The van der Waals surface area contributed by atoms with E-state index >= 15 is 0 Å². The van der Waals surface area contributed by atoms with E-state index in [9.17, 15) is 0 Å². The minimum Gasteiger partial charge on any atom is -0.496 e. The first-order valence-corrected chi connectivity index (χ1v) is 5.69. The van der Waals surface area contributed by atoms with Gasteiger partial charge in [0.2, 0.25) is 0 Å². The van der Waals surface area contributed by atoms with Gasteiger partial charge >= 0.3 is 0 Å². The fraction of sp³-hybridized carbons (Fsp3) is 0.462. The number of ether oxygens (including phenoxy) is 1. The van der Waals surface area contributed by atoms with Crippen LogP contribution in [0.4, 0.5) is 0 Å². The lowest BCUT2D eigenvalue weighted by Gasteiger charge is -2.17. The lowest BCUT2D eigenvalue weighted by atomic mass is 10.1. The predicted molar refractivity (Wildman–Crippen MR) is 71.7 cm³/mol. The number of rotatable bonds is 4. The minimum atomic E-state index is 0.839. The van der Waals surface area contributed by atoms with Crippen molar-refractivity contribution < 1.29 is 4.74 Å². The molecule has 94 valence electrons. The topological polar surface area (TPSA) is 36.9 Å². The molecule has 0 unspecified atom stereocenters. The fourth-order valence-electron chi connectivity index (χ4n) is 1.66. The van der Waals surface area contributed by atoms with Crippen LogP contribution in [0.25, 0.3) is 0 Å². The molecule has 4 heteroatoms. The molecule has 0 heterocycles. The second-order valence-corrected chi connectivity index (χ2v) is 3.93. The quantitative estimate of drug-likeness (QED) is 0.632. The molecule has 4 nitrogen and oxygen atoms in total. The van der Waals surface area contributed by atoms with Gasteiger partial charge in [-0.2, -0.15) is 0 Å². The number of guanidine groups is 1. The molecule has 0 aliphatic carbocycles. The molecule has 0 spiro atoms. The van der Waals surface area contributed by atoms with Crippen molar-refractivity contribution in [3.63, 3.8) is 0 Å². The van der Waals surface area contributed by atoms with E-state index in [4.69, 9.17) is 4.74 Å². The van der Waals surface area contributed by atoms with Gasteiger partial charge in [0.05, 0.1) is 7.11 Å². The van der Waals surface area contributed by atoms with Gasteiger partial charge in [0.25, 0.3) is 0 Å². The molecule has 1 aromatic carbocycles. The molecular weight excluding hydrogens is 214 g/mol. The summed E-state index contributed by atoms with van der Waals surface area (Å²) in [6.45, 7) is 0.839.